The molecule has 6 nitrogen and oxygen atoms in total. The number of aromatic nitrogens is 2. The van der Waals surface area contributed by atoms with Crippen LogP contribution in [0.15, 0.2) is 17.4 Å². The number of hydrogen-bond acceptors (Lipinski definition) is 6. The lowest BCUT2D eigenvalue weighted by Crippen LogP contribution is -2.43. The maximum absolute atomic E-state index is 12.2. The SMILES string of the molecule is CSc1nccnc1COCC[C@H]1CCCN(C(=O)OC(C)(C)C)C1. The Kier molecular flexibility index (Phi) is 7.50. The van der Waals surface area contributed by atoms with Crippen molar-refractivity contribution in [2.45, 2.75) is 57.3 Å². The summed E-state index contributed by atoms with van der Waals surface area (Å²) in [6.45, 7) is 8.37. The van der Waals surface area contributed by atoms with Gasteiger partial charge in [-0.15, -0.1) is 11.8 Å². The summed E-state index contributed by atoms with van der Waals surface area (Å²) >= 11 is 1.58. The monoisotopic (exact) mass is 367 g/mol. The highest BCUT2D eigenvalue weighted by Gasteiger charge is 2.27. The van der Waals surface area contributed by atoms with Gasteiger partial charge in [-0.2, -0.15) is 0 Å². The molecule has 1 aliphatic heterocycles. The molecule has 2 heterocycles. The van der Waals surface area contributed by atoms with E-state index in [1.165, 1.54) is 0 Å². The fraction of sp³-hybridized carbons (Fsp3) is 0.722. The molecule has 0 aromatic carbocycles. The van der Waals surface area contributed by atoms with E-state index in [2.05, 4.69) is 9.97 Å². The van der Waals surface area contributed by atoms with Gasteiger partial charge in [0.25, 0.3) is 0 Å². The lowest BCUT2D eigenvalue weighted by atomic mass is 9.95. The largest absolute Gasteiger partial charge is 0.444 e. The van der Waals surface area contributed by atoms with E-state index >= 15 is 0 Å². The van der Waals surface area contributed by atoms with Gasteiger partial charge < -0.3 is 14.4 Å². The van der Waals surface area contributed by atoms with Crippen molar-refractivity contribution in [2.75, 3.05) is 26.0 Å². The zero-order chi connectivity index (χ0) is 18.3. The number of rotatable bonds is 6. The summed E-state index contributed by atoms with van der Waals surface area (Å²) < 4.78 is 11.3. The van der Waals surface area contributed by atoms with E-state index in [9.17, 15) is 4.79 Å². The second-order valence-electron chi connectivity index (χ2n) is 7.29. The lowest BCUT2D eigenvalue weighted by Gasteiger charge is -2.34. The van der Waals surface area contributed by atoms with Crippen LogP contribution in [-0.2, 0) is 16.1 Å². The normalized spacial score (nSPS) is 18.2. The Morgan fingerprint density at radius 3 is 2.84 bits per heavy atom. The van der Waals surface area contributed by atoms with E-state index in [-0.39, 0.29) is 6.09 Å². The second-order valence-corrected chi connectivity index (χ2v) is 8.08. The smallest absolute Gasteiger partial charge is 0.410 e. The highest BCUT2D eigenvalue weighted by Crippen LogP contribution is 2.22. The molecular weight excluding hydrogens is 338 g/mol. The fourth-order valence-corrected chi connectivity index (χ4v) is 3.35. The fourth-order valence-electron chi connectivity index (χ4n) is 2.84. The molecule has 7 heteroatoms. The molecule has 0 saturated carbocycles. The number of hydrogen-bond donors (Lipinski definition) is 0. The molecule has 1 aromatic rings. The van der Waals surface area contributed by atoms with E-state index < -0.39 is 5.60 Å². The Hall–Kier alpha value is -1.34. The molecule has 1 fully saturated rings. The van der Waals surface area contributed by atoms with Crippen molar-refractivity contribution in [3.05, 3.63) is 18.1 Å². The van der Waals surface area contributed by atoms with Crippen molar-refractivity contribution in [3.63, 3.8) is 0 Å². The van der Waals surface area contributed by atoms with Gasteiger partial charge in [0.1, 0.15) is 10.6 Å². The maximum Gasteiger partial charge on any atom is 0.410 e. The van der Waals surface area contributed by atoms with Crippen molar-refractivity contribution in [1.82, 2.24) is 14.9 Å². The Labute approximate surface area is 154 Å². The van der Waals surface area contributed by atoms with Gasteiger partial charge in [-0.05, 0) is 52.2 Å². The Morgan fingerprint density at radius 1 is 1.36 bits per heavy atom. The third-order valence-electron chi connectivity index (χ3n) is 4.01. The highest BCUT2D eigenvalue weighted by molar-refractivity contribution is 7.98. The van der Waals surface area contributed by atoms with Crippen molar-refractivity contribution in [3.8, 4) is 0 Å². The summed E-state index contributed by atoms with van der Waals surface area (Å²) in [7, 11) is 0. The number of nitrogens with zero attached hydrogens (tertiary/aromatic N) is 3. The van der Waals surface area contributed by atoms with Gasteiger partial charge in [0, 0.05) is 32.1 Å². The van der Waals surface area contributed by atoms with Crippen LogP contribution >= 0.6 is 11.8 Å². The van der Waals surface area contributed by atoms with Crippen LogP contribution in [0.4, 0.5) is 4.79 Å². The zero-order valence-electron chi connectivity index (χ0n) is 15.7. The van der Waals surface area contributed by atoms with Crippen molar-refractivity contribution >= 4 is 17.9 Å². The number of amides is 1. The first-order valence-electron chi connectivity index (χ1n) is 8.78. The van der Waals surface area contributed by atoms with Gasteiger partial charge in [-0.1, -0.05) is 0 Å². The van der Waals surface area contributed by atoms with Crippen LogP contribution in [0, 0.1) is 5.92 Å². The van der Waals surface area contributed by atoms with Gasteiger partial charge in [-0.25, -0.2) is 9.78 Å². The minimum atomic E-state index is -0.446. The predicted molar refractivity (Wildman–Crippen MR) is 98.6 cm³/mol. The molecule has 140 valence electrons. The number of carbonyl (C=O) groups is 1. The molecule has 0 radical (unpaired) electrons. The molecule has 0 N–H and O–H groups in total. The molecule has 0 spiro atoms. The first-order valence-corrected chi connectivity index (χ1v) is 10.0. The molecule has 1 aromatic heterocycles. The van der Waals surface area contributed by atoms with E-state index in [0.29, 0.717) is 19.1 Å². The molecule has 0 bridgehead atoms. The summed E-state index contributed by atoms with van der Waals surface area (Å²) in [5, 5.41) is 0.913. The average molecular weight is 368 g/mol. The summed E-state index contributed by atoms with van der Waals surface area (Å²) in [5.74, 6) is 0.461. The molecule has 0 aliphatic carbocycles. The Bertz CT molecular complexity index is 563. The number of likely N-dealkylation sites (tertiary alicyclic amines) is 1. The molecule has 25 heavy (non-hydrogen) atoms. The first kappa shape index (κ1) is 20.0. The van der Waals surface area contributed by atoms with Gasteiger partial charge in [0.15, 0.2) is 0 Å². The highest BCUT2D eigenvalue weighted by atomic mass is 32.2. The van der Waals surface area contributed by atoms with Crippen molar-refractivity contribution in [2.24, 2.45) is 5.92 Å². The van der Waals surface area contributed by atoms with Crippen LogP contribution in [0.5, 0.6) is 0 Å². The van der Waals surface area contributed by atoms with E-state index in [1.54, 1.807) is 24.2 Å². The van der Waals surface area contributed by atoms with Crippen molar-refractivity contribution < 1.29 is 14.3 Å². The van der Waals surface area contributed by atoms with Crippen LogP contribution in [-0.4, -0.2) is 52.5 Å². The number of carbonyl (C=O) groups excluding carboxylic acids is 1. The summed E-state index contributed by atoms with van der Waals surface area (Å²) in [4.78, 5) is 22.6. The minimum Gasteiger partial charge on any atom is -0.444 e. The van der Waals surface area contributed by atoms with Gasteiger partial charge in [0.2, 0.25) is 0 Å². The minimum absolute atomic E-state index is 0.206. The van der Waals surface area contributed by atoms with Gasteiger partial charge >= 0.3 is 6.09 Å². The lowest BCUT2D eigenvalue weighted by molar-refractivity contribution is 0.0134. The molecular formula is C18H29N3O3S. The van der Waals surface area contributed by atoms with E-state index in [1.807, 2.05) is 31.9 Å². The third kappa shape index (κ3) is 6.82. The Balaban J connectivity index is 1.73. The molecule has 1 amide bonds. The average Bonchev–Trinajstić information content (AvgIpc) is 2.58. The summed E-state index contributed by atoms with van der Waals surface area (Å²) in [5.41, 5.74) is 0.438. The summed E-state index contributed by atoms with van der Waals surface area (Å²) in [6, 6.07) is 0. The molecule has 1 aliphatic rings. The molecule has 1 saturated heterocycles. The maximum atomic E-state index is 12.2. The van der Waals surface area contributed by atoms with E-state index in [4.69, 9.17) is 9.47 Å². The number of piperidine rings is 1. The quantitative estimate of drug-likeness (QED) is 0.563. The van der Waals surface area contributed by atoms with Crippen LogP contribution in [0.3, 0.4) is 0 Å². The van der Waals surface area contributed by atoms with E-state index in [0.717, 1.165) is 43.1 Å². The van der Waals surface area contributed by atoms with Crippen LogP contribution in [0.2, 0.25) is 0 Å². The van der Waals surface area contributed by atoms with Crippen LogP contribution < -0.4 is 0 Å². The topological polar surface area (TPSA) is 64.6 Å². The standard InChI is InChI=1S/C18H29N3O3S/c1-18(2,3)24-17(22)21-10-5-6-14(12-21)7-11-23-13-15-16(25-4)20-9-8-19-15/h8-9,14H,5-7,10-13H2,1-4H3/t14-/m1/s1. The molecule has 0 unspecified atom stereocenters. The van der Waals surface area contributed by atoms with Crippen molar-refractivity contribution in [1.29, 1.82) is 0 Å². The zero-order valence-corrected chi connectivity index (χ0v) is 16.5. The number of ether oxygens (including phenoxy) is 2. The number of thioether (sulfide) groups is 1. The second kappa shape index (κ2) is 9.38. The molecule has 1 atom stereocenters. The first-order chi connectivity index (χ1) is 11.9. The predicted octanol–water partition coefficient (Wildman–Crippen LogP) is 3.75. The van der Waals surface area contributed by atoms with Crippen LogP contribution in [0.25, 0.3) is 0 Å². The Morgan fingerprint density at radius 2 is 2.12 bits per heavy atom. The summed E-state index contributed by atoms with van der Waals surface area (Å²) in [6.07, 6.45) is 8.26. The van der Waals surface area contributed by atoms with Gasteiger partial charge in [0.05, 0.1) is 12.3 Å². The van der Waals surface area contributed by atoms with Gasteiger partial charge in [-0.3, -0.25) is 4.98 Å². The van der Waals surface area contributed by atoms with Crippen LogP contribution in [0.1, 0.15) is 45.7 Å². The third-order valence-corrected chi connectivity index (χ3v) is 4.74. The molecule has 2 rings (SSSR count).